The fourth-order valence-electron chi connectivity index (χ4n) is 2.58. The number of rotatable bonds is 6. The highest BCUT2D eigenvalue weighted by Gasteiger charge is 2.30. The van der Waals surface area contributed by atoms with E-state index in [9.17, 15) is 18.0 Å². The molecule has 0 aliphatic carbocycles. The van der Waals surface area contributed by atoms with Crippen molar-refractivity contribution in [1.82, 2.24) is 4.98 Å². The molecule has 2 aromatic carbocycles. The van der Waals surface area contributed by atoms with Crippen LogP contribution in [-0.2, 0) is 24.0 Å². The van der Waals surface area contributed by atoms with Crippen LogP contribution in [0.5, 0.6) is 5.75 Å². The summed E-state index contributed by atoms with van der Waals surface area (Å²) in [6, 6.07) is 9.16. The van der Waals surface area contributed by atoms with Gasteiger partial charge >= 0.3 is 12.1 Å². The van der Waals surface area contributed by atoms with Gasteiger partial charge in [0, 0.05) is 5.56 Å². The van der Waals surface area contributed by atoms with Gasteiger partial charge in [-0.2, -0.15) is 13.2 Å². The number of benzene rings is 2. The van der Waals surface area contributed by atoms with E-state index in [1.165, 1.54) is 18.2 Å². The van der Waals surface area contributed by atoms with Gasteiger partial charge in [0.1, 0.15) is 12.4 Å². The van der Waals surface area contributed by atoms with Crippen LogP contribution >= 0.6 is 11.6 Å². The fourth-order valence-corrected chi connectivity index (χ4v) is 2.83. The predicted octanol–water partition coefficient (Wildman–Crippen LogP) is 5.53. The maximum atomic E-state index is 12.7. The molecule has 29 heavy (non-hydrogen) atoms. The second-order valence-corrected chi connectivity index (χ2v) is 6.63. The topological polar surface area (TPSA) is 72.6 Å². The highest BCUT2D eigenvalue weighted by atomic mass is 35.5. The van der Waals surface area contributed by atoms with E-state index in [0.29, 0.717) is 28.3 Å². The van der Waals surface area contributed by atoms with Gasteiger partial charge in [0.2, 0.25) is 5.89 Å². The highest BCUT2D eigenvalue weighted by molar-refractivity contribution is 6.32. The van der Waals surface area contributed by atoms with E-state index in [-0.39, 0.29) is 23.9 Å². The Hall–Kier alpha value is -3.00. The Kier molecular flexibility index (Phi) is 5.83. The number of ether oxygens (including phenoxy) is 1. The zero-order chi connectivity index (χ0) is 21.2. The number of hydrogen-bond acceptors (Lipinski definition) is 4. The molecule has 0 aliphatic rings. The lowest BCUT2D eigenvalue weighted by atomic mass is 10.1. The normalized spacial score (nSPS) is 11.5. The van der Waals surface area contributed by atoms with Crippen LogP contribution in [0, 0.1) is 6.92 Å². The molecule has 0 atom stereocenters. The van der Waals surface area contributed by atoms with Crippen LogP contribution < -0.4 is 4.74 Å². The monoisotopic (exact) mass is 425 g/mol. The molecule has 0 radical (unpaired) electrons. The highest BCUT2D eigenvalue weighted by Crippen LogP contribution is 2.32. The number of carboxylic acid groups (broad SMARTS) is 1. The summed E-state index contributed by atoms with van der Waals surface area (Å²) in [7, 11) is 0. The summed E-state index contributed by atoms with van der Waals surface area (Å²) in [4.78, 5) is 15.0. The van der Waals surface area contributed by atoms with Gasteiger partial charge in [-0.25, -0.2) is 4.98 Å². The van der Waals surface area contributed by atoms with Crippen molar-refractivity contribution in [3.05, 3.63) is 70.1 Å². The van der Waals surface area contributed by atoms with E-state index >= 15 is 0 Å². The van der Waals surface area contributed by atoms with E-state index in [1.54, 1.807) is 19.1 Å². The largest absolute Gasteiger partial charge is 0.484 e. The van der Waals surface area contributed by atoms with E-state index in [0.717, 1.165) is 12.1 Å². The number of aromatic nitrogens is 1. The lowest BCUT2D eigenvalue weighted by molar-refractivity contribution is -0.138. The first kappa shape index (κ1) is 20.7. The summed E-state index contributed by atoms with van der Waals surface area (Å²) in [6.07, 6.45) is -4.57. The van der Waals surface area contributed by atoms with E-state index in [2.05, 4.69) is 4.98 Å². The van der Waals surface area contributed by atoms with Gasteiger partial charge in [-0.05, 0) is 48.9 Å². The maximum Gasteiger partial charge on any atom is 0.416 e. The molecule has 0 saturated heterocycles. The first-order chi connectivity index (χ1) is 13.6. The second-order valence-electron chi connectivity index (χ2n) is 6.23. The van der Waals surface area contributed by atoms with Gasteiger partial charge < -0.3 is 14.3 Å². The summed E-state index contributed by atoms with van der Waals surface area (Å²) >= 11 is 6.12. The molecule has 0 saturated carbocycles. The molecule has 1 heterocycles. The molecule has 0 spiro atoms. The van der Waals surface area contributed by atoms with E-state index < -0.39 is 17.7 Å². The first-order valence-electron chi connectivity index (χ1n) is 8.40. The molecule has 0 amide bonds. The molecule has 1 N–H and O–H groups in total. The molecule has 0 bridgehead atoms. The zero-order valence-electron chi connectivity index (χ0n) is 15.1. The molecule has 152 valence electrons. The van der Waals surface area contributed by atoms with Gasteiger partial charge in [-0.3, -0.25) is 4.79 Å². The van der Waals surface area contributed by atoms with Gasteiger partial charge in [0.25, 0.3) is 0 Å². The van der Waals surface area contributed by atoms with Gasteiger partial charge in [-0.1, -0.05) is 17.7 Å². The Morgan fingerprint density at radius 1 is 1.21 bits per heavy atom. The van der Waals surface area contributed by atoms with Crippen molar-refractivity contribution in [3.63, 3.8) is 0 Å². The van der Waals surface area contributed by atoms with Crippen LogP contribution in [0.1, 0.15) is 22.6 Å². The maximum absolute atomic E-state index is 12.7. The van der Waals surface area contributed by atoms with Gasteiger partial charge in [0.15, 0.2) is 5.76 Å². The molecule has 9 heteroatoms. The molecule has 5 nitrogen and oxygen atoms in total. The number of carbonyl (C=O) groups is 1. The number of oxazole rings is 1. The van der Waals surface area contributed by atoms with Crippen molar-refractivity contribution >= 4 is 17.6 Å². The minimum absolute atomic E-state index is 0.00251. The van der Waals surface area contributed by atoms with Crippen LogP contribution in [0.4, 0.5) is 13.2 Å². The lowest BCUT2D eigenvalue weighted by Crippen LogP contribution is -2.03. The summed E-state index contributed by atoms with van der Waals surface area (Å²) in [6.45, 7) is 1.69. The Bertz CT molecular complexity index is 1030. The van der Waals surface area contributed by atoms with Crippen molar-refractivity contribution in [2.24, 2.45) is 0 Å². The van der Waals surface area contributed by atoms with Crippen molar-refractivity contribution < 1.29 is 32.2 Å². The third-order valence-corrected chi connectivity index (χ3v) is 4.36. The molecule has 3 rings (SSSR count). The minimum atomic E-state index is -4.41. The van der Waals surface area contributed by atoms with Crippen LogP contribution in [0.15, 0.2) is 46.9 Å². The smallest absolute Gasteiger partial charge is 0.416 e. The lowest BCUT2D eigenvalue weighted by Gasteiger charge is -2.08. The average molecular weight is 426 g/mol. The summed E-state index contributed by atoms with van der Waals surface area (Å²) in [5, 5.41) is 9.07. The SMILES string of the molecule is Cc1nc(-c2ccc(C(F)(F)F)cc2)oc1COc1ccc(CC(=O)O)cc1Cl. The standard InChI is InChI=1S/C20H15ClF3NO4/c1-11-17(10-28-16-7-2-12(8-15(16)21)9-18(26)27)29-19(25-11)13-3-5-14(6-4-13)20(22,23)24/h2-8H,9-10H2,1H3,(H,26,27). The summed E-state index contributed by atoms with van der Waals surface area (Å²) in [5.41, 5.74) is 0.714. The van der Waals surface area contributed by atoms with Crippen LogP contribution in [0.3, 0.4) is 0 Å². The minimum Gasteiger partial charge on any atom is -0.484 e. The molecule has 0 fully saturated rings. The Morgan fingerprint density at radius 2 is 1.90 bits per heavy atom. The number of hydrogen-bond donors (Lipinski definition) is 1. The van der Waals surface area contributed by atoms with Crippen molar-refractivity contribution in [1.29, 1.82) is 0 Å². The van der Waals surface area contributed by atoms with Crippen LogP contribution in [-0.4, -0.2) is 16.1 Å². The summed E-state index contributed by atoms with van der Waals surface area (Å²) < 4.78 is 49.3. The molecular weight excluding hydrogens is 411 g/mol. The number of halogens is 4. The zero-order valence-corrected chi connectivity index (χ0v) is 15.8. The fraction of sp³-hybridized carbons (Fsp3) is 0.200. The molecular formula is C20H15ClF3NO4. The number of carboxylic acids is 1. The van der Waals surface area contributed by atoms with Crippen molar-refractivity contribution in [2.75, 3.05) is 0 Å². The predicted molar refractivity (Wildman–Crippen MR) is 98.8 cm³/mol. The van der Waals surface area contributed by atoms with E-state index in [1.807, 2.05) is 0 Å². The Balaban J connectivity index is 1.72. The number of nitrogens with zero attached hydrogens (tertiary/aromatic N) is 1. The van der Waals surface area contributed by atoms with E-state index in [4.69, 9.17) is 25.9 Å². The van der Waals surface area contributed by atoms with Crippen molar-refractivity contribution in [3.8, 4) is 17.2 Å². The van der Waals surface area contributed by atoms with Gasteiger partial charge in [-0.15, -0.1) is 0 Å². The third-order valence-electron chi connectivity index (χ3n) is 4.06. The number of aliphatic carboxylic acids is 1. The Labute approximate surface area is 168 Å². The van der Waals surface area contributed by atoms with Gasteiger partial charge in [0.05, 0.1) is 22.7 Å². The molecule has 0 aliphatic heterocycles. The Morgan fingerprint density at radius 3 is 2.48 bits per heavy atom. The van der Waals surface area contributed by atoms with Crippen LogP contribution in [0.25, 0.3) is 11.5 Å². The number of alkyl halides is 3. The van der Waals surface area contributed by atoms with Crippen molar-refractivity contribution in [2.45, 2.75) is 26.1 Å². The molecule has 1 aromatic heterocycles. The third kappa shape index (κ3) is 5.08. The average Bonchev–Trinajstić information content (AvgIpc) is 3.01. The quantitative estimate of drug-likeness (QED) is 0.562. The second kappa shape index (κ2) is 8.16. The molecule has 3 aromatic rings. The summed E-state index contributed by atoms with van der Waals surface area (Å²) in [5.74, 6) is -0.0567. The first-order valence-corrected chi connectivity index (χ1v) is 8.78. The van der Waals surface area contributed by atoms with Crippen LogP contribution in [0.2, 0.25) is 5.02 Å². The number of aryl methyl sites for hydroxylation is 1. The molecule has 0 unspecified atom stereocenters.